The standard InChI is InChI=1S/C25H26FN3O/c1-28(2)24-15-16-29(17-24)23-13-11-22(12-14-23)27-25(30)20-5-3-18(4-6-20)19-7-9-21(26)10-8-19/h3-14,24H,15-17H2,1-2H3,(H,27,30). The van der Waals surface area contributed by atoms with Gasteiger partial charge in [-0.15, -0.1) is 0 Å². The Kier molecular flexibility index (Phi) is 5.81. The molecule has 1 atom stereocenters. The van der Waals surface area contributed by atoms with Gasteiger partial charge in [0.15, 0.2) is 0 Å². The molecule has 30 heavy (non-hydrogen) atoms. The quantitative estimate of drug-likeness (QED) is 0.659. The molecule has 154 valence electrons. The van der Waals surface area contributed by atoms with Crippen molar-refractivity contribution in [3.63, 3.8) is 0 Å². The van der Waals surface area contributed by atoms with Crippen LogP contribution < -0.4 is 10.2 Å². The van der Waals surface area contributed by atoms with Crippen molar-refractivity contribution >= 4 is 17.3 Å². The summed E-state index contributed by atoms with van der Waals surface area (Å²) < 4.78 is 13.1. The average Bonchev–Trinajstić information content (AvgIpc) is 3.26. The fourth-order valence-corrected chi connectivity index (χ4v) is 3.81. The van der Waals surface area contributed by atoms with Crippen LogP contribution in [0, 0.1) is 5.82 Å². The van der Waals surface area contributed by atoms with E-state index in [1.54, 1.807) is 24.3 Å². The van der Waals surface area contributed by atoms with Crippen molar-refractivity contribution in [1.82, 2.24) is 4.90 Å². The Bertz CT molecular complexity index is 998. The maximum atomic E-state index is 13.1. The summed E-state index contributed by atoms with van der Waals surface area (Å²) in [5, 5.41) is 2.95. The lowest BCUT2D eigenvalue weighted by Gasteiger charge is -2.22. The van der Waals surface area contributed by atoms with Gasteiger partial charge in [0, 0.05) is 36.1 Å². The summed E-state index contributed by atoms with van der Waals surface area (Å²) >= 11 is 0. The van der Waals surface area contributed by atoms with Crippen molar-refractivity contribution in [2.45, 2.75) is 12.5 Å². The van der Waals surface area contributed by atoms with Crippen LogP contribution in [-0.4, -0.2) is 44.0 Å². The molecule has 1 aliphatic heterocycles. The van der Waals surface area contributed by atoms with Gasteiger partial charge in [-0.1, -0.05) is 24.3 Å². The van der Waals surface area contributed by atoms with Crippen molar-refractivity contribution in [2.75, 3.05) is 37.4 Å². The summed E-state index contributed by atoms with van der Waals surface area (Å²) in [6.45, 7) is 2.08. The SMILES string of the molecule is CN(C)C1CCN(c2ccc(NC(=O)c3ccc(-c4ccc(F)cc4)cc3)cc2)C1. The van der Waals surface area contributed by atoms with Crippen LogP contribution in [0.5, 0.6) is 0 Å². The van der Waals surface area contributed by atoms with Gasteiger partial charge in [-0.05, 0) is 80.2 Å². The second kappa shape index (κ2) is 8.67. The van der Waals surface area contributed by atoms with Crippen LogP contribution in [0.1, 0.15) is 16.8 Å². The van der Waals surface area contributed by atoms with Gasteiger partial charge >= 0.3 is 0 Å². The predicted octanol–water partition coefficient (Wildman–Crippen LogP) is 4.89. The molecule has 0 saturated carbocycles. The molecule has 0 aromatic heterocycles. The first-order valence-corrected chi connectivity index (χ1v) is 10.2. The molecule has 0 bridgehead atoms. The number of likely N-dealkylation sites (N-methyl/N-ethyl adjacent to an activating group) is 1. The monoisotopic (exact) mass is 403 g/mol. The van der Waals surface area contributed by atoms with Crippen LogP contribution in [0.15, 0.2) is 72.8 Å². The van der Waals surface area contributed by atoms with Crippen molar-refractivity contribution in [3.05, 3.63) is 84.2 Å². The third-order valence-corrected chi connectivity index (χ3v) is 5.71. The smallest absolute Gasteiger partial charge is 0.255 e. The first-order valence-electron chi connectivity index (χ1n) is 10.2. The molecule has 1 aliphatic rings. The zero-order valence-electron chi connectivity index (χ0n) is 17.3. The van der Waals surface area contributed by atoms with E-state index in [9.17, 15) is 9.18 Å². The highest BCUT2D eigenvalue weighted by atomic mass is 19.1. The van der Waals surface area contributed by atoms with Crippen LogP contribution in [0.4, 0.5) is 15.8 Å². The van der Waals surface area contributed by atoms with Crippen molar-refractivity contribution in [2.24, 2.45) is 0 Å². The summed E-state index contributed by atoms with van der Waals surface area (Å²) in [5.74, 6) is -0.412. The van der Waals surface area contributed by atoms with Gasteiger partial charge in [-0.2, -0.15) is 0 Å². The number of halogens is 1. The summed E-state index contributed by atoms with van der Waals surface area (Å²) in [4.78, 5) is 17.2. The lowest BCUT2D eigenvalue weighted by Crippen LogP contribution is -2.31. The molecular weight excluding hydrogens is 377 g/mol. The number of nitrogens with one attached hydrogen (secondary N) is 1. The van der Waals surface area contributed by atoms with Crippen LogP contribution in [0.25, 0.3) is 11.1 Å². The molecule has 4 nitrogen and oxygen atoms in total. The largest absolute Gasteiger partial charge is 0.370 e. The molecular formula is C25H26FN3O. The van der Waals surface area contributed by atoms with Gasteiger partial charge < -0.3 is 15.1 Å². The van der Waals surface area contributed by atoms with E-state index in [1.807, 2.05) is 24.3 Å². The fourth-order valence-electron chi connectivity index (χ4n) is 3.81. The first kappa shape index (κ1) is 20.1. The van der Waals surface area contributed by atoms with E-state index >= 15 is 0 Å². The van der Waals surface area contributed by atoms with E-state index in [0.717, 1.165) is 29.9 Å². The molecule has 1 amide bonds. The lowest BCUT2D eigenvalue weighted by molar-refractivity contribution is 0.102. The number of carbonyl (C=O) groups excluding carboxylic acids is 1. The highest BCUT2D eigenvalue weighted by molar-refractivity contribution is 6.04. The minimum Gasteiger partial charge on any atom is -0.370 e. The van der Waals surface area contributed by atoms with Gasteiger partial charge in [0.1, 0.15) is 5.82 Å². The lowest BCUT2D eigenvalue weighted by atomic mass is 10.0. The zero-order valence-corrected chi connectivity index (χ0v) is 17.3. The Morgan fingerprint density at radius 1 is 0.933 bits per heavy atom. The minimum atomic E-state index is -0.261. The summed E-state index contributed by atoms with van der Waals surface area (Å²) in [6.07, 6.45) is 1.17. The number of amides is 1. The fraction of sp³-hybridized carbons (Fsp3) is 0.240. The molecule has 4 rings (SSSR count). The van der Waals surface area contributed by atoms with E-state index in [1.165, 1.54) is 24.2 Å². The molecule has 1 heterocycles. The molecule has 1 fully saturated rings. The molecule has 0 aliphatic carbocycles. The summed E-state index contributed by atoms with van der Waals surface area (Å²) in [6, 6.07) is 22.2. The first-order chi connectivity index (χ1) is 14.5. The molecule has 1 N–H and O–H groups in total. The van der Waals surface area contributed by atoms with Crippen LogP contribution in [0.2, 0.25) is 0 Å². The number of nitrogens with zero attached hydrogens (tertiary/aromatic N) is 2. The Hall–Kier alpha value is -3.18. The maximum Gasteiger partial charge on any atom is 0.255 e. The van der Waals surface area contributed by atoms with E-state index in [2.05, 4.69) is 41.3 Å². The van der Waals surface area contributed by atoms with Gasteiger partial charge in [0.25, 0.3) is 5.91 Å². The third-order valence-electron chi connectivity index (χ3n) is 5.71. The van der Waals surface area contributed by atoms with E-state index in [4.69, 9.17) is 0 Å². The van der Waals surface area contributed by atoms with Crippen molar-refractivity contribution in [1.29, 1.82) is 0 Å². The predicted molar refractivity (Wildman–Crippen MR) is 121 cm³/mol. The topological polar surface area (TPSA) is 35.6 Å². The average molecular weight is 404 g/mol. The van der Waals surface area contributed by atoms with Gasteiger partial charge in [-0.25, -0.2) is 4.39 Å². The van der Waals surface area contributed by atoms with E-state index in [-0.39, 0.29) is 11.7 Å². The summed E-state index contributed by atoms with van der Waals surface area (Å²) in [7, 11) is 4.25. The number of carbonyl (C=O) groups is 1. The van der Waals surface area contributed by atoms with Crippen LogP contribution in [-0.2, 0) is 0 Å². The van der Waals surface area contributed by atoms with Crippen LogP contribution in [0.3, 0.4) is 0 Å². The molecule has 0 spiro atoms. The molecule has 5 heteroatoms. The Morgan fingerprint density at radius 3 is 2.10 bits per heavy atom. The number of hydrogen-bond acceptors (Lipinski definition) is 3. The third kappa shape index (κ3) is 4.52. The highest BCUT2D eigenvalue weighted by Gasteiger charge is 2.23. The van der Waals surface area contributed by atoms with Crippen molar-refractivity contribution < 1.29 is 9.18 Å². The Balaban J connectivity index is 1.38. The molecule has 3 aromatic carbocycles. The number of hydrogen-bond donors (Lipinski definition) is 1. The second-order valence-corrected chi connectivity index (χ2v) is 7.94. The number of anilines is 2. The molecule has 1 unspecified atom stereocenters. The minimum absolute atomic E-state index is 0.151. The second-order valence-electron chi connectivity index (χ2n) is 7.94. The van der Waals surface area contributed by atoms with E-state index in [0.29, 0.717) is 11.6 Å². The number of rotatable bonds is 5. The zero-order chi connectivity index (χ0) is 21.1. The normalized spacial score (nSPS) is 16.1. The molecule has 0 radical (unpaired) electrons. The summed E-state index contributed by atoms with van der Waals surface area (Å²) in [5.41, 5.74) is 4.39. The van der Waals surface area contributed by atoms with Gasteiger partial charge in [0.2, 0.25) is 0 Å². The number of benzene rings is 3. The molecule has 1 saturated heterocycles. The molecule has 3 aromatic rings. The Morgan fingerprint density at radius 2 is 1.53 bits per heavy atom. The van der Waals surface area contributed by atoms with E-state index < -0.39 is 0 Å². The highest BCUT2D eigenvalue weighted by Crippen LogP contribution is 2.24. The maximum absolute atomic E-state index is 13.1. The Labute approximate surface area is 176 Å². The van der Waals surface area contributed by atoms with Gasteiger partial charge in [0.05, 0.1) is 0 Å². The van der Waals surface area contributed by atoms with Crippen molar-refractivity contribution in [3.8, 4) is 11.1 Å². The van der Waals surface area contributed by atoms with Gasteiger partial charge in [-0.3, -0.25) is 4.79 Å². The van der Waals surface area contributed by atoms with Crippen LogP contribution >= 0.6 is 0 Å².